The van der Waals surface area contributed by atoms with Crippen LogP contribution in [0.15, 0.2) is 24.3 Å². The lowest BCUT2D eigenvalue weighted by Gasteiger charge is -2.41. The van der Waals surface area contributed by atoms with Crippen molar-refractivity contribution in [1.82, 2.24) is 24.9 Å². The van der Waals surface area contributed by atoms with Gasteiger partial charge in [0.05, 0.1) is 55.7 Å². The maximum atomic E-state index is 14.2. The van der Waals surface area contributed by atoms with Crippen LogP contribution in [0.5, 0.6) is 0 Å². The highest BCUT2D eigenvalue weighted by Gasteiger charge is 2.43. The van der Waals surface area contributed by atoms with Crippen molar-refractivity contribution in [2.45, 2.75) is 110 Å². The first-order valence-corrected chi connectivity index (χ1v) is 18.6. The van der Waals surface area contributed by atoms with Gasteiger partial charge in [-0.2, -0.15) is 5.26 Å². The Morgan fingerprint density at radius 3 is 2.25 bits per heavy atom. The zero-order valence-corrected chi connectivity index (χ0v) is 33.4. The Hall–Kier alpha value is -3.73. The van der Waals surface area contributed by atoms with Gasteiger partial charge in [0.15, 0.2) is 0 Å². The first-order chi connectivity index (χ1) is 24.5. The normalized spacial score (nSPS) is 18.5. The van der Waals surface area contributed by atoms with Gasteiger partial charge in [-0.05, 0) is 62.9 Å². The number of hydrogen-bond acceptors (Lipinski definition) is 9. The first kappa shape index (κ1) is 44.4. The van der Waals surface area contributed by atoms with E-state index in [0.717, 1.165) is 18.4 Å². The molecule has 1 saturated heterocycles. The highest BCUT2D eigenvalue weighted by molar-refractivity contribution is 5.89. The number of nitrogens with zero attached hydrogens (tertiary/aromatic N) is 5. The van der Waals surface area contributed by atoms with Gasteiger partial charge in [-0.25, -0.2) is 0 Å². The molecule has 3 N–H and O–H groups in total. The average molecular weight is 728 g/mol. The maximum Gasteiger partial charge on any atom is 0.245 e. The van der Waals surface area contributed by atoms with Crippen molar-refractivity contribution in [2.24, 2.45) is 17.8 Å². The molecule has 1 fully saturated rings. The Labute approximate surface area is 312 Å². The fraction of sp³-hybridized carbons (Fsp3) is 0.718. The molecule has 4 amide bonds. The zero-order chi connectivity index (χ0) is 39.3. The van der Waals surface area contributed by atoms with Crippen LogP contribution in [-0.4, -0.2) is 135 Å². The van der Waals surface area contributed by atoms with Crippen LogP contribution in [0.3, 0.4) is 0 Å². The molecule has 1 aromatic rings. The van der Waals surface area contributed by atoms with Gasteiger partial charge in [0.1, 0.15) is 6.04 Å². The number of anilines is 1. The molecule has 0 unspecified atom stereocenters. The van der Waals surface area contributed by atoms with E-state index in [1.54, 1.807) is 68.1 Å². The number of benzene rings is 1. The third-order valence-corrected chi connectivity index (χ3v) is 10.6. The number of amides is 4. The Morgan fingerprint density at radius 1 is 1.04 bits per heavy atom. The van der Waals surface area contributed by atoms with Crippen molar-refractivity contribution in [3.63, 3.8) is 0 Å². The topological polar surface area (TPSA) is 162 Å². The molecule has 1 heterocycles. The molecule has 8 atom stereocenters. The highest BCUT2D eigenvalue weighted by atomic mass is 16.5. The Kier molecular flexibility index (Phi) is 18.0. The number of nitrogens with two attached hydrogens (primary N) is 1. The summed E-state index contributed by atoms with van der Waals surface area (Å²) in [6.07, 6.45) is 1.64. The predicted molar refractivity (Wildman–Crippen MR) is 203 cm³/mol. The molecular formula is C39H65N7O6. The summed E-state index contributed by atoms with van der Waals surface area (Å²) in [6.45, 7) is 10.4. The zero-order valence-electron chi connectivity index (χ0n) is 33.4. The van der Waals surface area contributed by atoms with Gasteiger partial charge in [-0.15, -0.1) is 0 Å². The van der Waals surface area contributed by atoms with Gasteiger partial charge in [0.25, 0.3) is 0 Å². The van der Waals surface area contributed by atoms with Crippen LogP contribution >= 0.6 is 0 Å². The molecular weight excluding hydrogens is 662 g/mol. The summed E-state index contributed by atoms with van der Waals surface area (Å²) in [5, 5.41) is 12.5. The molecule has 52 heavy (non-hydrogen) atoms. The number of hydrogen-bond donors (Lipinski definition) is 2. The quantitative estimate of drug-likeness (QED) is 0.192. The highest BCUT2D eigenvalue weighted by Crippen LogP contribution is 2.30. The van der Waals surface area contributed by atoms with Crippen LogP contribution < -0.4 is 11.1 Å². The number of nitrogens with one attached hydrogen (secondary N) is 1. The van der Waals surface area contributed by atoms with E-state index in [2.05, 4.69) is 11.4 Å². The summed E-state index contributed by atoms with van der Waals surface area (Å²) >= 11 is 0. The van der Waals surface area contributed by atoms with Crippen LogP contribution in [0, 0.1) is 29.1 Å². The standard InChI is InChI=1S/C39H65N7O6/c1-12-26(4)36(45(9)39(50)35(25(2)3)42-33(47)24-43(6)7)32(51-10)23-34(48)46-20-14-17-31(46)37(52-11)27(5)38(49)44(8)30(18-19-40)22-28-15-13-16-29(41)21-28/h13,15-16,21,25-27,30-32,35-37H,12,14,17-18,20,22-24,41H2,1-11H3,(H,42,47)/t26-,27+,30+,31-,32+,35-,36-,37+/m0/s1. The molecule has 292 valence electrons. The average Bonchev–Trinajstić information content (AvgIpc) is 3.58. The lowest BCUT2D eigenvalue weighted by atomic mass is 9.89. The summed E-state index contributed by atoms with van der Waals surface area (Å²) in [6, 6.07) is 7.77. The van der Waals surface area contributed by atoms with E-state index < -0.39 is 30.2 Å². The fourth-order valence-electron chi connectivity index (χ4n) is 7.48. The van der Waals surface area contributed by atoms with Gasteiger partial charge in [0.2, 0.25) is 23.6 Å². The smallest absolute Gasteiger partial charge is 0.245 e. The van der Waals surface area contributed by atoms with E-state index in [4.69, 9.17) is 15.2 Å². The third kappa shape index (κ3) is 11.9. The van der Waals surface area contributed by atoms with Crippen LogP contribution in [0.25, 0.3) is 0 Å². The van der Waals surface area contributed by atoms with E-state index >= 15 is 0 Å². The fourth-order valence-corrected chi connectivity index (χ4v) is 7.48. The van der Waals surface area contributed by atoms with Crippen molar-refractivity contribution in [3.8, 4) is 6.07 Å². The second-order valence-electron chi connectivity index (χ2n) is 15.0. The lowest BCUT2D eigenvalue weighted by Crippen LogP contribution is -2.58. The molecule has 1 aliphatic heterocycles. The number of nitrogen functional groups attached to an aromatic ring is 1. The Bertz CT molecular complexity index is 1370. The molecule has 0 spiro atoms. The Balaban J connectivity index is 2.28. The molecule has 1 aliphatic rings. The number of ether oxygens (including phenoxy) is 2. The van der Waals surface area contributed by atoms with Crippen LogP contribution in [-0.2, 0) is 35.1 Å². The monoisotopic (exact) mass is 727 g/mol. The van der Waals surface area contributed by atoms with Crippen LogP contribution in [0.4, 0.5) is 5.69 Å². The molecule has 0 saturated carbocycles. The van der Waals surface area contributed by atoms with Crippen molar-refractivity contribution in [3.05, 3.63) is 29.8 Å². The second-order valence-corrected chi connectivity index (χ2v) is 15.0. The van der Waals surface area contributed by atoms with Crippen molar-refractivity contribution in [2.75, 3.05) is 61.2 Å². The van der Waals surface area contributed by atoms with Gasteiger partial charge < -0.3 is 40.1 Å². The summed E-state index contributed by atoms with van der Waals surface area (Å²) in [7, 11) is 10.1. The van der Waals surface area contributed by atoms with Gasteiger partial charge in [0, 0.05) is 46.6 Å². The largest absolute Gasteiger partial charge is 0.399 e. The van der Waals surface area contributed by atoms with Crippen molar-refractivity contribution < 1.29 is 28.7 Å². The molecule has 1 aromatic carbocycles. The van der Waals surface area contributed by atoms with Crippen LogP contribution in [0.2, 0.25) is 0 Å². The number of rotatable bonds is 20. The van der Waals surface area contributed by atoms with Crippen molar-refractivity contribution >= 4 is 29.3 Å². The minimum Gasteiger partial charge on any atom is -0.399 e. The van der Waals surface area contributed by atoms with E-state index in [0.29, 0.717) is 25.1 Å². The number of nitriles is 1. The lowest BCUT2D eigenvalue weighted by molar-refractivity contribution is -0.149. The summed E-state index contributed by atoms with van der Waals surface area (Å²) in [5.74, 6) is -1.55. The van der Waals surface area contributed by atoms with E-state index in [-0.39, 0.29) is 66.9 Å². The molecule has 2 rings (SSSR count). The van der Waals surface area contributed by atoms with E-state index in [9.17, 15) is 24.4 Å². The second kappa shape index (κ2) is 21.1. The predicted octanol–water partition coefficient (Wildman–Crippen LogP) is 3.17. The molecule has 0 aromatic heterocycles. The van der Waals surface area contributed by atoms with Gasteiger partial charge >= 0.3 is 0 Å². The minimum absolute atomic E-state index is 0.0139. The summed E-state index contributed by atoms with van der Waals surface area (Å²) in [4.78, 5) is 61.6. The third-order valence-electron chi connectivity index (χ3n) is 10.6. The molecule has 13 heteroatoms. The number of methoxy groups -OCH3 is 2. The molecule has 0 bridgehead atoms. The number of likely N-dealkylation sites (tertiary alicyclic amines) is 1. The summed E-state index contributed by atoms with van der Waals surface area (Å²) < 4.78 is 12.0. The van der Waals surface area contributed by atoms with E-state index in [1.807, 2.05) is 52.8 Å². The summed E-state index contributed by atoms with van der Waals surface area (Å²) in [5.41, 5.74) is 7.54. The number of carbonyl (C=O) groups is 4. The Morgan fingerprint density at radius 2 is 1.71 bits per heavy atom. The molecule has 13 nitrogen and oxygen atoms in total. The van der Waals surface area contributed by atoms with Gasteiger partial charge in [-0.1, -0.05) is 53.2 Å². The van der Waals surface area contributed by atoms with E-state index in [1.165, 1.54) is 0 Å². The number of likely N-dealkylation sites (N-methyl/N-ethyl adjacent to an activating group) is 3. The van der Waals surface area contributed by atoms with Crippen LogP contribution in [0.1, 0.15) is 72.3 Å². The SMILES string of the molecule is CC[C@H](C)[C@@H]([C@@H](CC(=O)N1CCC[C@H]1[C@H](OC)[C@@H](C)C(=O)N(C)[C@H](CC#N)Cc1cccc(N)c1)OC)N(C)C(=O)[C@@H](NC(=O)CN(C)C)C(C)C. The first-order valence-electron chi connectivity index (χ1n) is 18.6. The number of carbonyl (C=O) groups excluding carboxylic acids is 4. The minimum atomic E-state index is -0.738. The van der Waals surface area contributed by atoms with Gasteiger partial charge in [-0.3, -0.25) is 19.2 Å². The molecule has 0 aliphatic carbocycles. The maximum absolute atomic E-state index is 14.2. The van der Waals surface area contributed by atoms with Crippen molar-refractivity contribution in [1.29, 1.82) is 5.26 Å². The molecule has 0 radical (unpaired) electrons.